The van der Waals surface area contributed by atoms with Gasteiger partial charge in [0.05, 0.1) is 0 Å². The molecule has 0 saturated carbocycles. The lowest BCUT2D eigenvalue weighted by atomic mass is 9.75. The summed E-state index contributed by atoms with van der Waals surface area (Å²) < 4.78 is 34.1. The molecule has 8 heteroatoms. The second kappa shape index (κ2) is 16.4. The molecule has 7 aromatic rings. The summed E-state index contributed by atoms with van der Waals surface area (Å²) >= 11 is 0. The Labute approximate surface area is 358 Å². The Bertz CT molecular complexity index is 2660. The second-order valence-corrected chi connectivity index (χ2v) is 21.2. The summed E-state index contributed by atoms with van der Waals surface area (Å²) in [6.07, 6.45) is 0. The first-order valence-electron chi connectivity index (χ1n) is 20.6. The van der Waals surface area contributed by atoms with Crippen molar-refractivity contribution in [3.8, 4) is 45.3 Å². The van der Waals surface area contributed by atoms with E-state index in [4.69, 9.17) is 22.0 Å². The molecule has 1 atom stereocenters. The lowest BCUT2D eigenvalue weighted by Crippen LogP contribution is -2.19. The number of fused-ring (bicyclic) bond motifs is 3. The van der Waals surface area contributed by atoms with E-state index in [1.165, 1.54) is 11.1 Å². The minimum Gasteiger partial charge on any atom is -0.507 e. The highest BCUT2D eigenvalue weighted by atomic mass is 31.1. The van der Waals surface area contributed by atoms with Crippen LogP contribution in [0.1, 0.15) is 105 Å². The summed E-state index contributed by atoms with van der Waals surface area (Å²) in [6.45, 7) is 26.8. The molecule has 0 amide bonds. The van der Waals surface area contributed by atoms with Gasteiger partial charge in [0.2, 0.25) is 0 Å². The smallest absolute Gasteiger partial charge is 0.453 e. The number of rotatable bonds is 8. The van der Waals surface area contributed by atoms with Gasteiger partial charge in [0.25, 0.3) is 9.03 Å². The Kier molecular flexibility index (Phi) is 11.7. The molecule has 6 nitrogen and oxygen atoms in total. The summed E-state index contributed by atoms with van der Waals surface area (Å²) in [7, 11) is -2.39. The fraction of sp³-hybridized carbons (Fsp3) is 0.308. The average molecular weight is 841 g/mol. The Morgan fingerprint density at radius 1 is 0.467 bits per heavy atom. The molecule has 0 radical (unpaired) electrons. The standard InChI is InChI=1S/C52H58O6P2/c1-49(2,3)33-29-39(47(41(31-33)51(7,8)9)55-59-54-44-26-18-14-22-36(44)35-21-13-17-25-43(35)53)40-30-34(50(4,5)6)32-42(52(10,11)12)48(40)58-60-56-45-27-19-15-23-37(45)38-24-16-20-28-46(38)57-60/h13-32,53,59H,1-12H3. The van der Waals surface area contributed by atoms with Gasteiger partial charge in [-0.05, 0) is 69.2 Å². The van der Waals surface area contributed by atoms with E-state index in [0.29, 0.717) is 28.2 Å². The third-order valence-electron chi connectivity index (χ3n) is 10.8. The van der Waals surface area contributed by atoms with Crippen molar-refractivity contribution in [1.29, 1.82) is 0 Å². The van der Waals surface area contributed by atoms with Crippen LogP contribution in [0.4, 0.5) is 0 Å². The first kappa shape index (κ1) is 43.0. The van der Waals surface area contributed by atoms with Crippen LogP contribution in [0.25, 0.3) is 44.2 Å². The van der Waals surface area contributed by atoms with Gasteiger partial charge < -0.3 is 27.1 Å². The summed E-state index contributed by atoms with van der Waals surface area (Å²) in [5.74, 6) is 2.20. The number of benzene rings is 6. The Balaban J connectivity index is 1.49. The number of phenolic OH excluding ortho intramolecular Hbond substituents is 1. The van der Waals surface area contributed by atoms with Crippen LogP contribution in [-0.4, -0.2) is 5.11 Å². The van der Waals surface area contributed by atoms with Crippen LogP contribution >= 0.6 is 17.3 Å². The van der Waals surface area contributed by atoms with E-state index in [0.717, 1.165) is 44.3 Å². The molecule has 60 heavy (non-hydrogen) atoms. The number of phenols is 1. The highest BCUT2D eigenvalue weighted by molar-refractivity contribution is 7.32. The topological polar surface area (TPSA) is 74.2 Å². The van der Waals surface area contributed by atoms with Gasteiger partial charge in [-0.2, -0.15) is 0 Å². The fourth-order valence-corrected chi connectivity index (χ4v) is 8.97. The zero-order valence-corrected chi connectivity index (χ0v) is 38.9. The van der Waals surface area contributed by atoms with Gasteiger partial charge in [0.1, 0.15) is 34.2 Å². The van der Waals surface area contributed by atoms with Crippen LogP contribution in [0.5, 0.6) is 23.0 Å². The Morgan fingerprint density at radius 2 is 0.917 bits per heavy atom. The maximum absolute atomic E-state index is 10.8. The molecule has 0 spiro atoms. The van der Waals surface area contributed by atoms with Crippen LogP contribution in [-0.2, 0) is 21.7 Å². The minimum atomic E-state index is -1.98. The third-order valence-corrected chi connectivity index (χ3v) is 12.4. The normalized spacial score (nSPS) is 12.7. The molecule has 0 aliphatic rings. The molecule has 1 unspecified atom stereocenters. The summed E-state index contributed by atoms with van der Waals surface area (Å²) in [6, 6.07) is 40.2. The molecule has 1 N–H and O–H groups in total. The molecular weight excluding hydrogens is 783 g/mol. The van der Waals surface area contributed by atoms with Crippen molar-refractivity contribution in [2.75, 3.05) is 0 Å². The van der Waals surface area contributed by atoms with E-state index < -0.39 is 17.3 Å². The van der Waals surface area contributed by atoms with Crippen LogP contribution in [0.3, 0.4) is 0 Å². The molecule has 312 valence electrons. The van der Waals surface area contributed by atoms with E-state index in [2.05, 4.69) is 119 Å². The molecule has 0 bridgehead atoms. The molecule has 1 aromatic heterocycles. The van der Waals surface area contributed by atoms with E-state index in [-0.39, 0.29) is 27.4 Å². The van der Waals surface area contributed by atoms with Gasteiger partial charge in [0, 0.05) is 44.2 Å². The van der Waals surface area contributed by atoms with Gasteiger partial charge in [-0.1, -0.05) is 168 Å². The van der Waals surface area contributed by atoms with Crippen molar-refractivity contribution in [3.05, 3.63) is 144 Å². The van der Waals surface area contributed by atoms with Crippen LogP contribution in [0, 0.1) is 0 Å². The lowest BCUT2D eigenvalue weighted by Gasteiger charge is -2.32. The summed E-state index contributed by atoms with van der Waals surface area (Å²) in [4.78, 5) is 0. The highest BCUT2D eigenvalue weighted by Gasteiger charge is 2.33. The number of hydrogen-bond donors (Lipinski definition) is 1. The predicted molar refractivity (Wildman–Crippen MR) is 252 cm³/mol. The van der Waals surface area contributed by atoms with E-state index >= 15 is 0 Å². The second-order valence-electron chi connectivity index (χ2n) is 19.6. The predicted octanol–water partition coefficient (Wildman–Crippen LogP) is 16.3. The molecule has 1 heterocycles. The van der Waals surface area contributed by atoms with Gasteiger partial charge in [-0.15, -0.1) is 0 Å². The number of hydrogen-bond acceptors (Lipinski definition) is 6. The van der Waals surface area contributed by atoms with Crippen molar-refractivity contribution >= 4 is 39.2 Å². The number of para-hydroxylation sites is 4. The first-order valence-corrected chi connectivity index (χ1v) is 22.5. The Morgan fingerprint density at radius 3 is 1.43 bits per heavy atom. The highest BCUT2D eigenvalue weighted by Crippen LogP contribution is 2.53. The largest absolute Gasteiger partial charge is 0.507 e. The van der Waals surface area contributed by atoms with Crippen molar-refractivity contribution in [1.82, 2.24) is 0 Å². The van der Waals surface area contributed by atoms with E-state index in [9.17, 15) is 5.11 Å². The van der Waals surface area contributed by atoms with Crippen molar-refractivity contribution in [2.24, 2.45) is 0 Å². The van der Waals surface area contributed by atoms with Gasteiger partial charge in [-0.25, -0.2) is 0 Å². The van der Waals surface area contributed by atoms with Crippen molar-refractivity contribution in [2.45, 2.75) is 105 Å². The molecule has 7 rings (SSSR count). The first-order chi connectivity index (χ1) is 28.2. The Hall–Kier alpha value is -5.15. The molecule has 0 aliphatic carbocycles. The molecule has 6 aromatic carbocycles. The molecular formula is C52H58O6P2. The molecule has 0 saturated heterocycles. The fourth-order valence-electron chi connectivity index (χ4n) is 7.26. The molecule has 0 fully saturated rings. The van der Waals surface area contributed by atoms with Crippen molar-refractivity contribution in [3.63, 3.8) is 0 Å². The van der Waals surface area contributed by atoms with Crippen LogP contribution < -0.4 is 13.6 Å². The SMILES string of the molecule is CC(C)(C)c1cc(-c2cc(C(C)(C)C)cc(C(C)(C)C)c2Op2oc3ccccc3c3ccccc3o2)c(OPOc2ccccc2-c2ccccc2O)c(C(C)(C)C)c1. The van der Waals surface area contributed by atoms with Crippen LogP contribution in [0.15, 0.2) is 130 Å². The van der Waals surface area contributed by atoms with E-state index in [1.54, 1.807) is 6.07 Å². The third kappa shape index (κ3) is 9.12. The zero-order valence-electron chi connectivity index (χ0n) is 37.0. The monoisotopic (exact) mass is 840 g/mol. The zero-order chi connectivity index (χ0) is 43.2. The molecule has 0 aliphatic heterocycles. The van der Waals surface area contributed by atoms with Gasteiger partial charge in [0.15, 0.2) is 0 Å². The maximum Gasteiger partial charge on any atom is 0.453 e. The average Bonchev–Trinajstić information content (AvgIpc) is 3.33. The van der Waals surface area contributed by atoms with Gasteiger partial charge in [-0.3, -0.25) is 0 Å². The van der Waals surface area contributed by atoms with Crippen LogP contribution in [0.2, 0.25) is 0 Å². The summed E-state index contributed by atoms with van der Waals surface area (Å²) in [5.41, 5.74) is 8.04. The number of aromatic hydroxyl groups is 1. The van der Waals surface area contributed by atoms with E-state index in [1.807, 2.05) is 78.9 Å². The lowest BCUT2D eigenvalue weighted by molar-refractivity contribution is 0.474. The van der Waals surface area contributed by atoms with Gasteiger partial charge >= 0.3 is 8.24 Å². The maximum atomic E-state index is 10.8. The summed E-state index contributed by atoms with van der Waals surface area (Å²) in [5, 5.41) is 12.7. The quantitative estimate of drug-likeness (QED) is 0.154. The van der Waals surface area contributed by atoms with Crippen molar-refractivity contribution < 1.29 is 27.1 Å². The minimum absolute atomic E-state index is 0.184.